The number of hydrogen-bond donors (Lipinski definition) is 0. The van der Waals surface area contributed by atoms with Crippen molar-refractivity contribution >= 4 is 0 Å². The number of nitrogens with zero attached hydrogens (tertiary/aromatic N) is 2. The van der Waals surface area contributed by atoms with Crippen LogP contribution in [0.15, 0.2) is 6.20 Å². The van der Waals surface area contributed by atoms with Crippen molar-refractivity contribution in [2.24, 2.45) is 5.92 Å². The van der Waals surface area contributed by atoms with Gasteiger partial charge in [0.05, 0.1) is 0 Å². The second-order valence-electron chi connectivity index (χ2n) is 6.80. The summed E-state index contributed by atoms with van der Waals surface area (Å²) >= 11 is 0. The predicted octanol–water partition coefficient (Wildman–Crippen LogP) is 5.59. The van der Waals surface area contributed by atoms with Gasteiger partial charge in [-0.2, -0.15) is 0 Å². The van der Waals surface area contributed by atoms with Gasteiger partial charge in [0.15, 0.2) is 0 Å². The Morgan fingerprint density at radius 2 is 1.81 bits per heavy atom. The lowest BCUT2D eigenvalue weighted by atomic mass is 9.79. The van der Waals surface area contributed by atoms with Crippen molar-refractivity contribution in [2.75, 3.05) is 0 Å². The fourth-order valence-electron chi connectivity index (χ4n) is 3.64. The van der Waals surface area contributed by atoms with E-state index in [0.717, 1.165) is 18.2 Å². The maximum Gasteiger partial charge on any atom is 0.131 e. The smallest absolute Gasteiger partial charge is 0.131 e. The fourth-order valence-corrected chi connectivity index (χ4v) is 3.64. The molecule has 0 radical (unpaired) electrons. The standard InChI is InChI=1S/C19H32N2/c1-4-6-7-9-18-14-20-19(21-15(18)3)17-12-10-16(8-5-2)11-13-17/h14,16-17H,4-13H2,1-3H3. The van der Waals surface area contributed by atoms with E-state index in [-0.39, 0.29) is 0 Å². The van der Waals surface area contributed by atoms with Crippen LogP contribution in [0.3, 0.4) is 0 Å². The van der Waals surface area contributed by atoms with Gasteiger partial charge in [0.25, 0.3) is 0 Å². The minimum atomic E-state index is 0.612. The quantitative estimate of drug-likeness (QED) is 0.611. The van der Waals surface area contributed by atoms with E-state index in [9.17, 15) is 0 Å². The van der Waals surface area contributed by atoms with Crippen LogP contribution >= 0.6 is 0 Å². The minimum absolute atomic E-state index is 0.612. The third kappa shape index (κ3) is 4.79. The minimum Gasteiger partial charge on any atom is -0.241 e. The van der Waals surface area contributed by atoms with Gasteiger partial charge in [0.2, 0.25) is 0 Å². The van der Waals surface area contributed by atoms with Crippen molar-refractivity contribution in [1.29, 1.82) is 0 Å². The Morgan fingerprint density at radius 1 is 1.05 bits per heavy atom. The van der Waals surface area contributed by atoms with Gasteiger partial charge in [-0.25, -0.2) is 9.97 Å². The SMILES string of the molecule is CCCCCc1cnc(C2CCC(CCC)CC2)nc1C. The van der Waals surface area contributed by atoms with Crippen LogP contribution in [0.5, 0.6) is 0 Å². The van der Waals surface area contributed by atoms with Gasteiger partial charge in [0, 0.05) is 17.8 Å². The van der Waals surface area contributed by atoms with E-state index in [1.54, 1.807) is 0 Å². The molecule has 0 unspecified atom stereocenters. The molecule has 1 aromatic heterocycles. The summed E-state index contributed by atoms with van der Waals surface area (Å²) in [5.74, 6) is 2.68. The van der Waals surface area contributed by atoms with Crippen molar-refractivity contribution < 1.29 is 0 Å². The molecule has 0 aliphatic heterocycles. The Balaban J connectivity index is 1.91. The highest BCUT2D eigenvalue weighted by atomic mass is 14.9. The van der Waals surface area contributed by atoms with Crippen LogP contribution in [-0.4, -0.2) is 9.97 Å². The Labute approximate surface area is 130 Å². The van der Waals surface area contributed by atoms with Crippen molar-refractivity contribution in [2.45, 2.75) is 90.9 Å². The van der Waals surface area contributed by atoms with Crippen molar-refractivity contribution in [1.82, 2.24) is 9.97 Å². The molecule has 1 aliphatic carbocycles. The molecule has 2 nitrogen and oxygen atoms in total. The first-order chi connectivity index (χ1) is 10.2. The average Bonchev–Trinajstić information content (AvgIpc) is 2.50. The van der Waals surface area contributed by atoms with Crippen LogP contribution in [0.4, 0.5) is 0 Å². The zero-order chi connectivity index (χ0) is 15.1. The second-order valence-corrected chi connectivity index (χ2v) is 6.80. The van der Waals surface area contributed by atoms with E-state index in [4.69, 9.17) is 9.97 Å². The van der Waals surface area contributed by atoms with Crippen molar-refractivity contribution in [3.8, 4) is 0 Å². The normalized spacial score (nSPS) is 22.4. The molecule has 1 heterocycles. The van der Waals surface area contributed by atoms with Crippen molar-refractivity contribution in [3.63, 3.8) is 0 Å². The number of rotatable bonds is 7. The predicted molar refractivity (Wildman–Crippen MR) is 89.6 cm³/mol. The molecule has 0 saturated heterocycles. The molecule has 2 heteroatoms. The van der Waals surface area contributed by atoms with Gasteiger partial charge < -0.3 is 0 Å². The van der Waals surface area contributed by atoms with Gasteiger partial charge >= 0.3 is 0 Å². The monoisotopic (exact) mass is 288 g/mol. The lowest BCUT2D eigenvalue weighted by Crippen LogP contribution is -2.16. The number of hydrogen-bond acceptors (Lipinski definition) is 2. The van der Waals surface area contributed by atoms with E-state index in [1.165, 1.54) is 69.0 Å². The molecular weight excluding hydrogens is 256 g/mol. The summed E-state index contributed by atoms with van der Waals surface area (Å²) in [7, 11) is 0. The summed E-state index contributed by atoms with van der Waals surface area (Å²) < 4.78 is 0. The lowest BCUT2D eigenvalue weighted by molar-refractivity contribution is 0.302. The van der Waals surface area contributed by atoms with Gasteiger partial charge in [-0.15, -0.1) is 0 Å². The molecule has 0 aromatic carbocycles. The fraction of sp³-hybridized carbons (Fsp3) is 0.789. The maximum atomic E-state index is 4.84. The molecular formula is C19H32N2. The summed E-state index contributed by atoms with van der Waals surface area (Å²) in [6.07, 6.45) is 15.2. The van der Waals surface area contributed by atoms with Crippen LogP contribution in [-0.2, 0) is 6.42 Å². The molecule has 21 heavy (non-hydrogen) atoms. The average molecular weight is 288 g/mol. The van der Waals surface area contributed by atoms with Crippen LogP contribution in [0, 0.1) is 12.8 Å². The topological polar surface area (TPSA) is 25.8 Å². The van der Waals surface area contributed by atoms with E-state index in [1.807, 2.05) is 0 Å². The maximum absolute atomic E-state index is 4.84. The van der Waals surface area contributed by atoms with E-state index in [2.05, 4.69) is 27.0 Å². The molecule has 1 aliphatic rings. The summed E-state index contributed by atoms with van der Waals surface area (Å²) in [4.78, 5) is 9.54. The van der Waals surface area contributed by atoms with Gasteiger partial charge in [-0.05, 0) is 56.9 Å². The molecule has 1 saturated carbocycles. The molecule has 0 N–H and O–H groups in total. The molecule has 118 valence electrons. The Kier molecular flexibility index (Phi) is 6.66. The Bertz CT molecular complexity index is 420. The number of unbranched alkanes of at least 4 members (excludes halogenated alkanes) is 2. The van der Waals surface area contributed by atoms with Crippen molar-refractivity contribution in [3.05, 3.63) is 23.3 Å². The van der Waals surface area contributed by atoms with E-state index < -0.39 is 0 Å². The van der Waals surface area contributed by atoms with Crippen LogP contribution in [0.1, 0.15) is 94.6 Å². The first-order valence-electron chi connectivity index (χ1n) is 9.07. The summed E-state index contributed by atoms with van der Waals surface area (Å²) in [6.45, 7) is 6.71. The largest absolute Gasteiger partial charge is 0.241 e. The number of aromatic nitrogens is 2. The van der Waals surface area contributed by atoms with Gasteiger partial charge in [-0.3, -0.25) is 0 Å². The van der Waals surface area contributed by atoms with Gasteiger partial charge in [0.1, 0.15) is 5.82 Å². The Hall–Kier alpha value is -0.920. The molecule has 0 atom stereocenters. The summed E-state index contributed by atoms with van der Waals surface area (Å²) in [6, 6.07) is 0. The highest BCUT2D eigenvalue weighted by Gasteiger charge is 2.23. The van der Waals surface area contributed by atoms with Crippen LogP contribution in [0.2, 0.25) is 0 Å². The summed E-state index contributed by atoms with van der Waals surface area (Å²) in [5.41, 5.74) is 2.57. The molecule has 0 bridgehead atoms. The molecule has 0 spiro atoms. The van der Waals surface area contributed by atoms with Gasteiger partial charge in [-0.1, -0.05) is 39.5 Å². The molecule has 1 aromatic rings. The first-order valence-corrected chi connectivity index (χ1v) is 9.07. The molecule has 1 fully saturated rings. The number of aryl methyl sites for hydroxylation is 2. The second kappa shape index (κ2) is 8.51. The van der Waals surface area contributed by atoms with Crippen LogP contribution in [0.25, 0.3) is 0 Å². The highest BCUT2D eigenvalue weighted by molar-refractivity contribution is 5.17. The first kappa shape index (κ1) is 16.5. The zero-order valence-electron chi connectivity index (χ0n) is 14.2. The third-order valence-corrected chi connectivity index (χ3v) is 5.06. The highest BCUT2D eigenvalue weighted by Crippen LogP contribution is 2.36. The lowest BCUT2D eigenvalue weighted by Gasteiger charge is -2.27. The Morgan fingerprint density at radius 3 is 2.43 bits per heavy atom. The van der Waals surface area contributed by atoms with Crippen LogP contribution < -0.4 is 0 Å². The zero-order valence-corrected chi connectivity index (χ0v) is 14.2. The van der Waals surface area contributed by atoms with E-state index >= 15 is 0 Å². The summed E-state index contributed by atoms with van der Waals surface area (Å²) in [5, 5.41) is 0. The molecule has 2 rings (SSSR count). The van der Waals surface area contributed by atoms with E-state index in [0.29, 0.717) is 5.92 Å². The molecule has 0 amide bonds. The third-order valence-electron chi connectivity index (χ3n) is 5.06.